The van der Waals surface area contributed by atoms with Gasteiger partial charge in [-0.05, 0) is 50.9 Å². The predicted octanol–water partition coefficient (Wildman–Crippen LogP) is 1.47. The summed E-state index contributed by atoms with van der Waals surface area (Å²) in [5, 5.41) is 0. The van der Waals surface area contributed by atoms with Crippen LogP contribution in [0, 0.1) is 0 Å². The Morgan fingerprint density at radius 1 is 0.769 bits per heavy atom. The van der Waals surface area contributed by atoms with Gasteiger partial charge in [0.1, 0.15) is 0 Å². The minimum atomic E-state index is -0.0923. The molecule has 26 heavy (non-hydrogen) atoms. The summed E-state index contributed by atoms with van der Waals surface area (Å²) in [5.41, 5.74) is 7.36. The van der Waals surface area contributed by atoms with Gasteiger partial charge in [0.15, 0.2) is 0 Å². The molecule has 2 nitrogen and oxygen atoms in total. The van der Waals surface area contributed by atoms with Crippen LogP contribution < -0.4 is 22.7 Å². The van der Waals surface area contributed by atoms with Crippen LogP contribution in [0.5, 0.6) is 0 Å². The van der Waals surface area contributed by atoms with E-state index in [9.17, 15) is 0 Å². The number of rotatable bonds is 9. The molecule has 144 valence electrons. The number of hydrogen-bond acceptors (Lipinski definition) is 1. The highest BCUT2D eigenvalue weighted by molar-refractivity contribution is 5.38. The van der Waals surface area contributed by atoms with Crippen molar-refractivity contribution in [3.05, 3.63) is 71.8 Å². The van der Waals surface area contributed by atoms with Crippen LogP contribution in [0.2, 0.25) is 0 Å². The van der Waals surface area contributed by atoms with Gasteiger partial charge < -0.3 is 22.7 Å². The molecule has 0 amide bonds. The first-order chi connectivity index (χ1) is 12.0. The molecule has 2 aromatic carbocycles. The van der Waals surface area contributed by atoms with Gasteiger partial charge in [-0.3, -0.25) is 4.90 Å². The summed E-state index contributed by atoms with van der Waals surface area (Å²) in [6.45, 7) is 4.54. The van der Waals surface area contributed by atoms with E-state index in [1.807, 2.05) is 0 Å². The minimum absolute atomic E-state index is 0. The SMILES string of the molecule is CCC([NH3+])(CC)CCCC(c1ccccc1)(c1ccccc1)N(C)C.[Br-]. The maximum Gasteiger partial charge on any atom is 0.0940 e. The predicted molar refractivity (Wildman–Crippen MR) is 107 cm³/mol. The van der Waals surface area contributed by atoms with E-state index in [4.69, 9.17) is 0 Å². The zero-order valence-corrected chi connectivity index (χ0v) is 18.4. The van der Waals surface area contributed by atoms with Crippen molar-refractivity contribution in [1.29, 1.82) is 0 Å². The van der Waals surface area contributed by atoms with E-state index in [2.05, 4.69) is 99.2 Å². The minimum Gasteiger partial charge on any atom is -1.00 e. The molecule has 0 aliphatic heterocycles. The van der Waals surface area contributed by atoms with Crippen LogP contribution in [0.3, 0.4) is 0 Å². The summed E-state index contributed by atoms with van der Waals surface area (Å²) < 4.78 is 0. The highest BCUT2D eigenvalue weighted by Gasteiger charge is 2.37. The largest absolute Gasteiger partial charge is 1.00 e. The number of quaternary nitrogens is 1. The third-order valence-electron chi connectivity index (χ3n) is 6.01. The molecular weight excluding hydrogens is 384 g/mol. The van der Waals surface area contributed by atoms with E-state index in [1.54, 1.807) is 0 Å². The molecule has 3 heteroatoms. The Kier molecular flexibility index (Phi) is 9.02. The molecule has 0 heterocycles. The molecule has 0 unspecified atom stereocenters. The molecule has 2 aromatic rings. The Hall–Kier alpha value is -1.16. The van der Waals surface area contributed by atoms with Crippen LogP contribution in [0.1, 0.15) is 57.1 Å². The highest BCUT2D eigenvalue weighted by atomic mass is 79.9. The van der Waals surface area contributed by atoms with Crippen LogP contribution in [0.15, 0.2) is 60.7 Å². The third-order valence-corrected chi connectivity index (χ3v) is 6.01. The van der Waals surface area contributed by atoms with Crippen LogP contribution in [-0.2, 0) is 5.54 Å². The fourth-order valence-corrected chi connectivity index (χ4v) is 3.95. The molecule has 0 aliphatic carbocycles. The molecule has 0 aliphatic rings. The van der Waals surface area contributed by atoms with Gasteiger partial charge in [-0.1, -0.05) is 74.5 Å². The zero-order valence-electron chi connectivity index (χ0n) is 16.8. The third kappa shape index (κ3) is 4.97. The second kappa shape index (κ2) is 10.2. The number of nitrogens with zero attached hydrogens (tertiary/aromatic N) is 1. The fraction of sp³-hybridized carbons (Fsp3) is 0.478. The van der Waals surface area contributed by atoms with E-state index in [-0.39, 0.29) is 28.1 Å². The zero-order chi connectivity index (χ0) is 18.3. The topological polar surface area (TPSA) is 30.9 Å². The van der Waals surface area contributed by atoms with E-state index in [0.717, 1.165) is 19.3 Å². The second-order valence-electron chi connectivity index (χ2n) is 7.55. The second-order valence-corrected chi connectivity index (χ2v) is 7.55. The van der Waals surface area contributed by atoms with Crippen molar-refractivity contribution in [2.45, 2.75) is 57.0 Å². The molecule has 0 bridgehead atoms. The van der Waals surface area contributed by atoms with Gasteiger partial charge >= 0.3 is 0 Å². The van der Waals surface area contributed by atoms with Crippen molar-refractivity contribution in [2.75, 3.05) is 14.1 Å². The van der Waals surface area contributed by atoms with Crippen molar-refractivity contribution >= 4 is 0 Å². The van der Waals surface area contributed by atoms with Crippen LogP contribution in [0.4, 0.5) is 0 Å². The van der Waals surface area contributed by atoms with Gasteiger partial charge in [0.05, 0.1) is 11.1 Å². The van der Waals surface area contributed by atoms with Gasteiger partial charge in [-0.15, -0.1) is 0 Å². The summed E-state index contributed by atoms with van der Waals surface area (Å²) in [5.74, 6) is 0. The first-order valence-electron chi connectivity index (χ1n) is 9.62. The molecule has 0 aromatic heterocycles. The molecular formula is C23H35BrN2. The fourth-order valence-electron chi connectivity index (χ4n) is 3.95. The highest BCUT2D eigenvalue weighted by Crippen LogP contribution is 2.39. The Balaban J connectivity index is 0.00000338. The molecule has 0 spiro atoms. The molecule has 0 fully saturated rings. The average Bonchev–Trinajstić information content (AvgIpc) is 2.66. The maximum absolute atomic E-state index is 4.50. The van der Waals surface area contributed by atoms with Gasteiger partial charge in [-0.25, -0.2) is 0 Å². The molecule has 0 saturated heterocycles. The number of benzene rings is 2. The van der Waals surface area contributed by atoms with E-state index < -0.39 is 0 Å². The number of hydrogen-bond donors (Lipinski definition) is 1. The first-order valence-corrected chi connectivity index (χ1v) is 9.62. The lowest BCUT2D eigenvalue weighted by Gasteiger charge is -2.42. The lowest BCUT2D eigenvalue weighted by Crippen LogP contribution is -3.00. The normalized spacial score (nSPS) is 12.1. The smallest absolute Gasteiger partial charge is 0.0940 e. The summed E-state index contributed by atoms with van der Waals surface area (Å²) in [7, 11) is 4.41. The average molecular weight is 419 g/mol. The van der Waals surface area contributed by atoms with Gasteiger partial charge in [0, 0.05) is 6.42 Å². The monoisotopic (exact) mass is 418 g/mol. The van der Waals surface area contributed by atoms with Crippen molar-refractivity contribution in [2.24, 2.45) is 0 Å². The quantitative estimate of drug-likeness (QED) is 0.656. The van der Waals surface area contributed by atoms with Gasteiger partial charge in [0.2, 0.25) is 0 Å². The number of halogens is 1. The first kappa shape index (κ1) is 22.9. The Bertz CT molecular complexity index is 582. The molecule has 0 radical (unpaired) electrons. The van der Waals surface area contributed by atoms with E-state index in [1.165, 1.54) is 24.0 Å². The van der Waals surface area contributed by atoms with E-state index >= 15 is 0 Å². The van der Waals surface area contributed by atoms with E-state index in [0.29, 0.717) is 0 Å². The van der Waals surface area contributed by atoms with Gasteiger partial charge in [0.25, 0.3) is 0 Å². The van der Waals surface area contributed by atoms with Crippen molar-refractivity contribution in [1.82, 2.24) is 4.90 Å². The lowest BCUT2D eigenvalue weighted by atomic mass is 9.76. The van der Waals surface area contributed by atoms with Crippen LogP contribution in [0.25, 0.3) is 0 Å². The van der Waals surface area contributed by atoms with Crippen molar-refractivity contribution in [3.8, 4) is 0 Å². The van der Waals surface area contributed by atoms with Crippen molar-refractivity contribution < 1.29 is 22.7 Å². The van der Waals surface area contributed by atoms with Crippen LogP contribution in [-0.4, -0.2) is 24.5 Å². The Morgan fingerprint density at radius 3 is 1.54 bits per heavy atom. The maximum atomic E-state index is 4.50. The van der Waals surface area contributed by atoms with Gasteiger partial charge in [-0.2, -0.15) is 0 Å². The molecule has 0 saturated carbocycles. The summed E-state index contributed by atoms with van der Waals surface area (Å²) >= 11 is 0. The van der Waals surface area contributed by atoms with Crippen molar-refractivity contribution in [3.63, 3.8) is 0 Å². The summed E-state index contributed by atoms with van der Waals surface area (Å²) in [6, 6.07) is 21.9. The summed E-state index contributed by atoms with van der Waals surface area (Å²) in [6.07, 6.45) is 5.75. The lowest BCUT2D eigenvalue weighted by molar-refractivity contribution is -0.481. The van der Waals surface area contributed by atoms with Crippen LogP contribution >= 0.6 is 0 Å². The Morgan fingerprint density at radius 2 is 1.19 bits per heavy atom. The summed E-state index contributed by atoms with van der Waals surface area (Å²) in [4.78, 5) is 2.39. The standard InChI is InChI=1S/C23H34N2.BrH/c1-5-22(24,6-2)18-13-19-23(25(3)4,20-14-9-7-10-15-20)21-16-11-8-12-17-21;/h7-12,14-17H,5-6,13,18-19,24H2,1-4H3;1H. The molecule has 0 atom stereocenters. The Labute approximate surface area is 170 Å². The molecule has 3 N–H and O–H groups in total. The molecule has 2 rings (SSSR count).